The Labute approximate surface area is 253 Å². The molecule has 2 aromatic heterocycles. The highest BCUT2D eigenvalue weighted by molar-refractivity contribution is 9.10. The summed E-state index contributed by atoms with van der Waals surface area (Å²) >= 11 is 9.35. The average molecular weight is 702 g/mol. The number of anilines is 2. The maximum absolute atomic E-state index is 13.5. The van der Waals surface area contributed by atoms with Crippen LogP contribution in [-0.4, -0.2) is 63.9 Å². The second kappa shape index (κ2) is 13.5. The number of nitrogens with zero attached hydrogens (tertiary/aromatic N) is 4. The number of aromatic nitrogens is 3. The van der Waals surface area contributed by atoms with E-state index in [-0.39, 0.29) is 33.8 Å². The molecule has 0 radical (unpaired) electrons. The molecule has 43 heavy (non-hydrogen) atoms. The lowest BCUT2D eigenvalue weighted by Crippen LogP contribution is -2.46. The van der Waals surface area contributed by atoms with Crippen molar-refractivity contribution in [2.24, 2.45) is 0 Å². The number of rotatable bonds is 5. The minimum Gasteiger partial charge on any atom is -0.475 e. The molecule has 18 heteroatoms. The molecule has 0 aliphatic carbocycles. The number of carboxylic acids is 1. The summed E-state index contributed by atoms with van der Waals surface area (Å²) in [5, 5.41) is 12.7. The van der Waals surface area contributed by atoms with E-state index in [1.165, 1.54) is 0 Å². The van der Waals surface area contributed by atoms with E-state index in [1.807, 2.05) is 11.8 Å². The van der Waals surface area contributed by atoms with Gasteiger partial charge in [-0.15, -0.1) is 0 Å². The molecule has 0 saturated carbocycles. The Balaban J connectivity index is 0.000000646. The third-order valence-electron chi connectivity index (χ3n) is 6.16. The van der Waals surface area contributed by atoms with Gasteiger partial charge in [0.1, 0.15) is 16.8 Å². The first-order chi connectivity index (χ1) is 19.9. The van der Waals surface area contributed by atoms with Gasteiger partial charge in [-0.05, 0) is 47.5 Å². The molecule has 1 aliphatic heterocycles. The van der Waals surface area contributed by atoms with Crippen LogP contribution in [0.15, 0.2) is 27.6 Å². The van der Waals surface area contributed by atoms with Crippen molar-refractivity contribution in [2.75, 3.05) is 36.4 Å². The van der Waals surface area contributed by atoms with Crippen LogP contribution in [0.25, 0.3) is 11.2 Å². The van der Waals surface area contributed by atoms with Crippen molar-refractivity contribution >= 4 is 61.9 Å². The second-order valence-electron chi connectivity index (χ2n) is 9.12. The number of hydrogen-bond donors (Lipinski definition) is 3. The number of piperazine rings is 1. The Morgan fingerprint density at radius 2 is 1.74 bits per heavy atom. The Kier molecular flexibility index (Phi) is 10.7. The van der Waals surface area contributed by atoms with E-state index in [0.29, 0.717) is 54.3 Å². The molecule has 0 unspecified atom stereocenters. The van der Waals surface area contributed by atoms with Crippen molar-refractivity contribution in [3.63, 3.8) is 0 Å². The fourth-order valence-electron chi connectivity index (χ4n) is 4.20. The summed E-state index contributed by atoms with van der Waals surface area (Å²) in [7, 11) is 0. The van der Waals surface area contributed by atoms with Crippen molar-refractivity contribution in [1.29, 1.82) is 0 Å². The summed E-state index contributed by atoms with van der Waals surface area (Å²) in [4.78, 5) is 46.5. The number of benzene rings is 1. The number of carbonyl (C=O) groups excluding carboxylic acids is 1. The number of nitrogens with one attached hydrogen (secondary N) is 2. The van der Waals surface area contributed by atoms with E-state index < -0.39 is 29.8 Å². The third-order valence-corrected chi connectivity index (χ3v) is 7.23. The first-order valence-corrected chi connectivity index (χ1v) is 13.6. The number of carbonyl (C=O) groups is 2. The molecule has 3 aromatic rings. The molecule has 1 amide bonds. The molecule has 4 rings (SSSR count). The fourth-order valence-corrected chi connectivity index (χ4v) is 4.69. The highest BCUT2D eigenvalue weighted by atomic mass is 79.9. The van der Waals surface area contributed by atoms with Crippen LogP contribution in [0, 0.1) is 6.92 Å². The maximum Gasteiger partial charge on any atom is 0.490 e. The molecule has 0 bridgehead atoms. The number of aliphatic carboxylic acids is 1. The second-order valence-corrected chi connectivity index (χ2v) is 10.3. The standard InChI is InChI=1S/C23H23BrClF3N6O2.C2HF3O2/c1-3-16-19(33-8-6-29-7-9-33)20(36)18-22(30-12(2)21(24)32-18)34(16)11-17(35)31-15-5-4-13(10-14(15)25)23(26,27)28;3-2(4,5)1(6)7/h4-5,10,29H,3,6-9,11H2,1-2H3,(H,31,35);(H,6,7). The van der Waals surface area contributed by atoms with Gasteiger partial charge < -0.3 is 25.2 Å². The van der Waals surface area contributed by atoms with Crippen molar-refractivity contribution in [3.05, 3.63) is 55.0 Å². The lowest BCUT2D eigenvalue weighted by atomic mass is 10.1. The molecule has 10 nitrogen and oxygen atoms in total. The lowest BCUT2D eigenvalue weighted by molar-refractivity contribution is -0.192. The Bertz CT molecular complexity index is 1590. The molecular weight excluding hydrogens is 678 g/mol. The van der Waals surface area contributed by atoms with Gasteiger partial charge in [0.2, 0.25) is 11.3 Å². The lowest BCUT2D eigenvalue weighted by Gasteiger charge is -2.31. The van der Waals surface area contributed by atoms with E-state index >= 15 is 0 Å². The van der Waals surface area contributed by atoms with Gasteiger partial charge >= 0.3 is 18.3 Å². The van der Waals surface area contributed by atoms with Gasteiger partial charge in [0.25, 0.3) is 0 Å². The smallest absolute Gasteiger partial charge is 0.475 e. The minimum absolute atomic E-state index is 0.0467. The molecule has 1 fully saturated rings. The number of fused-ring (bicyclic) bond motifs is 1. The van der Waals surface area contributed by atoms with Crippen LogP contribution in [0.1, 0.15) is 23.9 Å². The molecule has 1 aliphatic rings. The van der Waals surface area contributed by atoms with E-state index in [9.17, 15) is 35.9 Å². The number of alkyl halides is 6. The first-order valence-electron chi connectivity index (χ1n) is 12.5. The van der Waals surface area contributed by atoms with Crippen LogP contribution in [0.4, 0.5) is 37.7 Å². The van der Waals surface area contributed by atoms with Gasteiger partial charge in [-0.3, -0.25) is 9.59 Å². The van der Waals surface area contributed by atoms with Gasteiger partial charge in [0, 0.05) is 31.9 Å². The zero-order valence-electron chi connectivity index (χ0n) is 22.5. The zero-order valence-corrected chi connectivity index (χ0v) is 24.8. The van der Waals surface area contributed by atoms with E-state index in [0.717, 1.165) is 18.2 Å². The van der Waals surface area contributed by atoms with Crippen LogP contribution < -0.4 is 21.0 Å². The van der Waals surface area contributed by atoms with Gasteiger partial charge in [0.05, 0.1) is 22.0 Å². The van der Waals surface area contributed by atoms with Gasteiger partial charge in [-0.25, -0.2) is 14.8 Å². The van der Waals surface area contributed by atoms with Gasteiger partial charge in [-0.2, -0.15) is 26.3 Å². The first kappa shape index (κ1) is 34.1. The molecule has 1 aromatic carbocycles. The summed E-state index contributed by atoms with van der Waals surface area (Å²) in [6.45, 7) is 6.00. The van der Waals surface area contributed by atoms with E-state index in [2.05, 4.69) is 36.5 Å². The Hall–Kier alpha value is -3.44. The number of pyridine rings is 1. The van der Waals surface area contributed by atoms with E-state index in [1.54, 1.807) is 11.5 Å². The Morgan fingerprint density at radius 3 is 2.26 bits per heavy atom. The van der Waals surface area contributed by atoms with Crippen molar-refractivity contribution in [1.82, 2.24) is 19.9 Å². The van der Waals surface area contributed by atoms with Crippen LogP contribution in [0.5, 0.6) is 0 Å². The van der Waals surface area contributed by atoms with E-state index in [4.69, 9.17) is 21.5 Å². The van der Waals surface area contributed by atoms with Gasteiger partial charge in [0.15, 0.2) is 11.2 Å². The highest BCUT2D eigenvalue weighted by Crippen LogP contribution is 2.34. The van der Waals surface area contributed by atoms with Crippen LogP contribution in [0.3, 0.4) is 0 Å². The predicted molar refractivity (Wildman–Crippen MR) is 149 cm³/mol. The van der Waals surface area contributed by atoms with Gasteiger partial charge in [-0.1, -0.05) is 18.5 Å². The topological polar surface area (TPSA) is 129 Å². The number of hydrogen-bond acceptors (Lipinski definition) is 7. The van der Waals surface area contributed by atoms with Crippen molar-refractivity contribution in [2.45, 2.75) is 39.2 Å². The molecule has 234 valence electrons. The Morgan fingerprint density at radius 1 is 1.14 bits per heavy atom. The van der Waals surface area contributed by atoms with Crippen molar-refractivity contribution < 1.29 is 41.0 Å². The summed E-state index contributed by atoms with van der Waals surface area (Å²) < 4.78 is 72.7. The minimum atomic E-state index is -5.08. The number of carboxylic acid groups (broad SMARTS) is 1. The molecule has 3 N–H and O–H groups in total. The van der Waals surface area contributed by atoms with Crippen molar-refractivity contribution in [3.8, 4) is 0 Å². The number of aryl methyl sites for hydroxylation is 1. The summed E-state index contributed by atoms with van der Waals surface area (Å²) in [6.07, 6.45) is -9.20. The summed E-state index contributed by atoms with van der Waals surface area (Å²) in [6, 6.07) is 2.72. The molecule has 0 spiro atoms. The molecule has 3 heterocycles. The van der Waals surface area contributed by atoms with Crippen LogP contribution in [-0.2, 0) is 28.7 Å². The third kappa shape index (κ3) is 8.14. The fraction of sp³-hybridized carbons (Fsp3) is 0.400. The van der Waals surface area contributed by atoms with Crippen LogP contribution in [0.2, 0.25) is 5.02 Å². The SMILES string of the molecule is CCc1c(N2CCNCC2)c(=O)c2nc(Br)c(C)nc2n1CC(=O)Nc1ccc(C(F)(F)F)cc1Cl.O=C(O)C(F)(F)F. The largest absolute Gasteiger partial charge is 0.490 e. The summed E-state index contributed by atoms with van der Waals surface area (Å²) in [5.41, 5.74) is 0.880. The normalized spacial score (nSPS) is 13.9. The quantitative estimate of drug-likeness (QED) is 0.325. The molecule has 0 atom stereocenters. The summed E-state index contributed by atoms with van der Waals surface area (Å²) in [5.74, 6) is -3.29. The monoisotopic (exact) mass is 700 g/mol. The maximum atomic E-state index is 13.5. The predicted octanol–water partition coefficient (Wildman–Crippen LogP) is 4.78. The zero-order chi connectivity index (χ0) is 32.3. The van der Waals surface area contributed by atoms with Crippen LogP contribution >= 0.6 is 27.5 Å². The molecule has 1 saturated heterocycles. The average Bonchev–Trinajstić information content (AvgIpc) is 2.92. The number of amides is 1. The highest BCUT2D eigenvalue weighted by Gasteiger charge is 2.38. The molecular formula is C25H24BrClF6N6O4. The number of halogens is 8.